The van der Waals surface area contributed by atoms with Gasteiger partial charge in [-0.25, -0.2) is 0 Å². The SMILES string of the molecule is COc1ccc(N)cc1CNC(=O)CC(F)(F)F. The highest BCUT2D eigenvalue weighted by Gasteiger charge is 2.31. The second-order valence-electron chi connectivity index (χ2n) is 3.64. The molecular formula is C11H13F3N2O2. The zero-order valence-electron chi connectivity index (χ0n) is 9.67. The molecule has 0 aliphatic heterocycles. The largest absolute Gasteiger partial charge is 0.496 e. The fourth-order valence-electron chi connectivity index (χ4n) is 1.38. The van der Waals surface area contributed by atoms with Crippen LogP contribution >= 0.6 is 0 Å². The molecule has 0 spiro atoms. The lowest BCUT2D eigenvalue weighted by molar-refractivity contribution is -0.153. The Morgan fingerprint density at radius 3 is 2.67 bits per heavy atom. The number of nitrogens with two attached hydrogens (primary N) is 1. The molecule has 18 heavy (non-hydrogen) atoms. The first-order valence-corrected chi connectivity index (χ1v) is 5.07. The summed E-state index contributed by atoms with van der Waals surface area (Å²) in [5, 5.41) is 2.16. The zero-order chi connectivity index (χ0) is 13.8. The van der Waals surface area contributed by atoms with Crippen LogP contribution in [0.1, 0.15) is 12.0 Å². The molecule has 0 aliphatic rings. The topological polar surface area (TPSA) is 64.3 Å². The minimum Gasteiger partial charge on any atom is -0.496 e. The molecular weight excluding hydrogens is 249 g/mol. The van der Waals surface area contributed by atoms with Crippen LogP contribution in [0.2, 0.25) is 0 Å². The molecule has 1 aromatic carbocycles. The van der Waals surface area contributed by atoms with Crippen LogP contribution < -0.4 is 15.8 Å². The summed E-state index contributed by atoms with van der Waals surface area (Å²) >= 11 is 0. The number of rotatable bonds is 4. The van der Waals surface area contributed by atoms with Crippen molar-refractivity contribution in [3.63, 3.8) is 0 Å². The van der Waals surface area contributed by atoms with E-state index >= 15 is 0 Å². The molecule has 0 radical (unpaired) electrons. The van der Waals surface area contributed by atoms with Crippen LogP contribution in [0, 0.1) is 0 Å². The normalized spacial score (nSPS) is 11.1. The number of amides is 1. The van der Waals surface area contributed by atoms with Gasteiger partial charge in [0.15, 0.2) is 0 Å². The molecule has 0 saturated heterocycles. The van der Waals surface area contributed by atoms with Crippen molar-refractivity contribution < 1.29 is 22.7 Å². The van der Waals surface area contributed by atoms with E-state index in [-0.39, 0.29) is 6.54 Å². The molecule has 7 heteroatoms. The van der Waals surface area contributed by atoms with E-state index in [0.717, 1.165) is 0 Å². The van der Waals surface area contributed by atoms with Crippen LogP contribution in [0.25, 0.3) is 0 Å². The summed E-state index contributed by atoms with van der Waals surface area (Å²) in [6.45, 7) is -0.0663. The first-order chi connectivity index (χ1) is 8.31. The van der Waals surface area contributed by atoms with Crippen molar-refractivity contribution in [2.24, 2.45) is 0 Å². The Morgan fingerprint density at radius 1 is 1.44 bits per heavy atom. The molecule has 0 saturated carbocycles. The lowest BCUT2D eigenvalue weighted by atomic mass is 10.1. The van der Waals surface area contributed by atoms with Crippen LogP contribution in [0.15, 0.2) is 18.2 Å². The van der Waals surface area contributed by atoms with Crippen molar-refractivity contribution in [2.75, 3.05) is 12.8 Å². The van der Waals surface area contributed by atoms with Crippen molar-refractivity contribution in [1.29, 1.82) is 0 Å². The molecule has 0 heterocycles. The van der Waals surface area contributed by atoms with Gasteiger partial charge in [-0.1, -0.05) is 0 Å². The number of carbonyl (C=O) groups excluding carboxylic acids is 1. The Labute approximate surface area is 102 Å². The van der Waals surface area contributed by atoms with E-state index < -0.39 is 18.5 Å². The van der Waals surface area contributed by atoms with Crippen LogP contribution in [0.4, 0.5) is 18.9 Å². The Morgan fingerprint density at radius 2 is 2.11 bits per heavy atom. The highest BCUT2D eigenvalue weighted by Crippen LogP contribution is 2.22. The van der Waals surface area contributed by atoms with Crippen LogP contribution in [0.3, 0.4) is 0 Å². The maximum Gasteiger partial charge on any atom is 0.397 e. The van der Waals surface area contributed by atoms with Gasteiger partial charge in [0.25, 0.3) is 0 Å². The second kappa shape index (κ2) is 5.61. The van der Waals surface area contributed by atoms with E-state index in [1.165, 1.54) is 13.2 Å². The minimum atomic E-state index is -4.51. The molecule has 0 aromatic heterocycles. The van der Waals surface area contributed by atoms with E-state index in [0.29, 0.717) is 17.0 Å². The van der Waals surface area contributed by atoms with Crippen LogP contribution in [0.5, 0.6) is 5.75 Å². The summed E-state index contributed by atoms with van der Waals surface area (Å²) in [5.74, 6) is -0.636. The van der Waals surface area contributed by atoms with Gasteiger partial charge in [0.2, 0.25) is 5.91 Å². The van der Waals surface area contributed by atoms with Crippen molar-refractivity contribution in [1.82, 2.24) is 5.32 Å². The molecule has 0 aliphatic carbocycles. The quantitative estimate of drug-likeness (QED) is 0.814. The lowest BCUT2D eigenvalue weighted by Gasteiger charge is -2.11. The lowest BCUT2D eigenvalue weighted by Crippen LogP contribution is -2.28. The summed E-state index contributed by atoms with van der Waals surface area (Å²) < 4.78 is 40.8. The third-order valence-electron chi connectivity index (χ3n) is 2.14. The third-order valence-corrected chi connectivity index (χ3v) is 2.14. The van der Waals surface area contributed by atoms with E-state index in [9.17, 15) is 18.0 Å². The third kappa shape index (κ3) is 4.52. The van der Waals surface area contributed by atoms with Gasteiger partial charge in [0.05, 0.1) is 7.11 Å². The van der Waals surface area contributed by atoms with Gasteiger partial charge < -0.3 is 15.8 Å². The highest BCUT2D eigenvalue weighted by molar-refractivity contribution is 5.76. The summed E-state index contributed by atoms with van der Waals surface area (Å²) in [6, 6.07) is 4.72. The number of hydrogen-bond acceptors (Lipinski definition) is 3. The number of ether oxygens (including phenoxy) is 1. The van der Waals surface area contributed by atoms with Gasteiger partial charge in [-0.05, 0) is 18.2 Å². The number of alkyl halides is 3. The van der Waals surface area contributed by atoms with Crippen molar-refractivity contribution in [2.45, 2.75) is 19.1 Å². The maximum absolute atomic E-state index is 11.9. The predicted octanol–water partition coefficient (Wildman–Crippen LogP) is 1.85. The Hall–Kier alpha value is -1.92. The molecule has 1 rings (SSSR count). The molecule has 3 N–H and O–H groups in total. The van der Waals surface area contributed by atoms with Crippen molar-refractivity contribution >= 4 is 11.6 Å². The monoisotopic (exact) mass is 262 g/mol. The molecule has 100 valence electrons. The van der Waals surface area contributed by atoms with Gasteiger partial charge in [0, 0.05) is 17.8 Å². The number of halogens is 3. The predicted molar refractivity (Wildman–Crippen MR) is 59.9 cm³/mol. The highest BCUT2D eigenvalue weighted by atomic mass is 19.4. The number of nitrogen functional groups attached to an aromatic ring is 1. The van der Waals surface area contributed by atoms with Gasteiger partial charge in [-0.3, -0.25) is 4.79 Å². The smallest absolute Gasteiger partial charge is 0.397 e. The second-order valence-corrected chi connectivity index (χ2v) is 3.64. The summed E-state index contributed by atoms with van der Waals surface area (Å²) in [6.07, 6.45) is -6.01. The number of hydrogen-bond donors (Lipinski definition) is 2. The molecule has 1 aromatic rings. The maximum atomic E-state index is 11.9. The molecule has 0 fully saturated rings. The Kier molecular flexibility index (Phi) is 4.41. The molecule has 1 amide bonds. The summed E-state index contributed by atoms with van der Waals surface area (Å²) in [5.41, 5.74) is 6.50. The van der Waals surface area contributed by atoms with Gasteiger partial charge in [-0.15, -0.1) is 0 Å². The zero-order valence-corrected chi connectivity index (χ0v) is 9.67. The molecule has 0 bridgehead atoms. The molecule has 0 atom stereocenters. The van der Waals surface area contributed by atoms with Crippen molar-refractivity contribution in [3.8, 4) is 5.75 Å². The fourth-order valence-corrected chi connectivity index (χ4v) is 1.38. The van der Waals surface area contributed by atoms with Gasteiger partial charge in [0.1, 0.15) is 12.2 Å². The standard InChI is InChI=1S/C11H13F3N2O2/c1-18-9-3-2-8(15)4-7(9)6-16-10(17)5-11(12,13)14/h2-4H,5-6,15H2,1H3,(H,16,17). The first kappa shape index (κ1) is 14.1. The fraction of sp³-hybridized carbons (Fsp3) is 0.364. The average Bonchev–Trinajstić information content (AvgIpc) is 2.24. The first-order valence-electron chi connectivity index (χ1n) is 5.07. The van der Waals surface area contributed by atoms with Crippen LogP contribution in [-0.2, 0) is 11.3 Å². The number of carbonyl (C=O) groups is 1. The summed E-state index contributed by atoms with van der Waals surface area (Å²) in [7, 11) is 1.42. The number of methoxy groups -OCH3 is 1. The Balaban J connectivity index is 2.63. The van der Waals surface area contributed by atoms with E-state index in [1.54, 1.807) is 12.1 Å². The minimum absolute atomic E-state index is 0.0663. The van der Waals surface area contributed by atoms with Crippen molar-refractivity contribution in [3.05, 3.63) is 23.8 Å². The average molecular weight is 262 g/mol. The number of nitrogens with one attached hydrogen (secondary N) is 1. The van der Waals surface area contributed by atoms with E-state index in [2.05, 4.69) is 5.32 Å². The van der Waals surface area contributed by atoms with Gasteiger partial charge in [-0.2, -0.15) is 13.2 Å². The number of anilines is 1. The molecule has 4 nitrogen and oxygen atoms in total. The van der Waals surface area contributed by atoms with E-state index in [1.807, 2.05) is 0 Å². The molecule has 0 unspecified atom stereocenters. The van der Waals surface area contributed by atoms with Crippen LogP contribution in [-0.4, -0.2) is 19.2 Å². The Bertz CT molecular complexity index is 433. The van der Waals surface area contributed by atoms with Gasteiger partial charge >= 0.3 is 6.18 Å². The summed E-state index contributed by atoms with van der Waals surface area (Å²) in [4.78, 5) is 11.0. The number of benzene rings is 1. The van der Waals surface area contributed by atoms with E-state index in [4.69, 9.17) is 10.5 Å².